The first-order valence-corrected chi connectivity index (χ1v) is 5.53. The molecule has 0 aromatic heterocycles. The molecule has 0 amide bonds. The largest absolute Gasteiger partial charge is 0.458 e. The van der Waals surface area contributed by atoms with Crippen LogP contribution in [0, 0.1) is 0 Å². The van der Waals surface area contributed by atoms with Gasteiger partial charge in [0.1, 0.15) is 6.61 Å². The van der Waals surface area contributed by atoms with E-state index in [2.05, 4.69) is 11.9 Å². The first-order chi connectivity index (χ1) is 7.33. The molecule has 1 fully saturated rings. The third kappa shape index (κ3) is 5.25. The summed E-state index contributed by atoms with van der Waals surface area (Å²) in [6.07, 6.45) is 11.4. The van der Waals surface area contributed by atoms with Gasteiger partial charge < -0.3 is 10.1 Å². The number of hydrogen-bond acceptors (Lipinski definition) is 3. The molecule has 3 nitrogen and oxygen atoms in total. The second-order valence-corrected chi connectivity index (χ2v) is 3.74. The summed E-state index contributed by atoms with van der Waals surface area (Å²) >= 11 is 0. The standard InChI is InChI=1S/C12H19NO2/c1-2-12(14)15-10-6-9-13-11-7-4-3-5-8-11/h2,6,9,11,13H,1,3-5,7-8,10H2. The quantitative estimate of drug-likeness (QED) is 0.557. The molecule has 0 spiro atoms. The van der Waals surface area contributed by atoms with Gasteiger partial charge in [-0.2, -0.15) is 0 Å². The van der Waals surface area contributed by atoms with Gasteiger partial charge in [0.2, 0.25) is 0 Å². The highest BCUT2D eigenvalue weighted by Crippen LogP contribution is 2.17. The first kappa shape index (κ1) is 11.8. The van der Waals surface area contributed by atoms with Gasteiger partial charge in [-0.15, -0.1) is 0 Å². The predicted octanol–water partition coefficient (Wildman–Crippen LogP) is 2.15. The second kappa shape index (κ2) is 7.10. The van der Waals surface area contributed by atoms with Crippen LogP contribution < -0.4 is 5.32 Å². The highest BCUT2D eigenvalue weighted by atomic mass is 16.5. The highest BCUT2D eigenvalue weighted by molar-refractivity contribution is 5.81. The summed E-state index contributed by atoms with van der Waals surface area (Å²) in [5.74, 6) is -0.377. The Balaban J connectivity index is 2.05. The van der Waals surface area contributed by atoms with Crippen molar-refractivity contribution >= 4 is 5.97 Å². The number of rotatable bonds is 5. The lowest BCUT2D eigenvalue weighted by Crippen LogP contribution is -2.26. The van der Waals surface area contributed by atoms with Crippen LogP contribution in [0.15, 0.2) is 24.9 Å². The Labute approximate surface area is 91.2 Å². The fraction of sp³-hybridized carbons (Fsp3) is 0.583. The maximum absolute atomic E-state index is 10.7. The summed E-state index contributed by atoms with van der Waals surface area (Å²) in [4.78, 5) is 10.7. The van der Waals surface area contributed by atoms with Crippen molar-refractivity contribution in [2.24, 2.45) is 0 Å². The van der Waals surface area contributed by atoms with Crippen molar-refractivity contribution in [3.05, 3.63) is 24.9 Å². The average molecular weight is 209 g/mol. The van der Waals surface area contributed by atoms with Gasteiger partial charge in [-0.3, -0.25) is 0 Å². The van der Waals surface area contributed by atoms with Crippen molar-refractivity contribution in [3.8, 4) is 0 Å². The molecule has 1 saturated carbocycles. The van der Waals surface area contributed by atoms with Crippen molar-refractivity contribution in [3.63, 3.8) is 0 Å². The van der Waals surface area contributed by atoms with Gasteiger partial charge >= 0.3 is 5.97 Å². The van der Waals surface area contributed by atoms with Crippen molar-refractivity contribution in [2.75, 3.05) is 6.61 Å². The molecule has 1 N–H and O–H groups in total. The molecular formula is C12H19NO2. The molecule has 0 atom stereocenters. The molecule has 0 aliphatic heterocycles. The van der Waals surface area contributed by atoms with Gasteiger partial charge in [-0.05, 0) is 25.1 Å². The summed E-state index contributed by atoms with van der Waals surface area (Å²) in [5.41, 5.74) is 0. The lowest BCUT2D eigenvalue weighted by atomic mass is 9.96. The van der Waals surface area contributed by atoms with Crippen LogP contribution in [0.2, 0.25) is 0 Å². The minimum atomic E-state index is -0.377. The van der Waals surface area contributed by atoms with Crippen molar-refractivity contribution in [2.45, 2.75) is 38.1 Å². The lowest BCUT2D eigenvalue weighted by Gasteiger charge is -2.21. The van der Waals surface area contributed by atoms with Crippen LogP contribution >= 0.6 is 0 Å². The smallest absolute Gasteiger partial charge is 0.330 e. The van der Waals surface area contributed by atoms with E-state index in [9.17, 15) is 4.79 Å². The maximum atomic E-state index is 10.7. The number of ether oxygens (including phenoxy) is 1. The molecule has 0 unspecified atom stereocenters. The van der Waals surface area contributed by atoms with Crippen LogP contribution in [-0.4, -0.2) is 18.6 Å². The fourth-order valence-corrected chi connectivity index (χ4v) is 1.71. The van der Waals surface area contributed by atoms with Crippen molar-refractivity contribution < 1.29 is 9.53 Å². The number of esters is 1. The van der Waals surface area contributed by atoms with E-state index in [0.29, 0.717) is 12.6 Å². The molecule has 0 aromatic carbocycles. The number of carbonyl (C=O) groups is 1. The van der Waals surface area contributed by atoms with Crippen LogP contribution in [0.3, 0.4) is 0 Å². The zero-order valence-electron chi connectivity index (χ0n) is 9.08. The highest BCUT2D eigenvalue weighted by Gasteiger charge is 2.10. The summed E-state index contributed by atoms with van der Waals surface area (Å²) < 4.78 is 4.80. The van der Waals surface area contributed by atoms with Crippen LogP contribution in [0.1, 0.15) is 32.1 Å². The number of carbonyl (C=O) groups excluding carboxylic acids is 1. The maximum Gasteiger partial charge on any atom is 0.330 e. The van der Waals surface area contributed by atoms with Gasteiger partial charge in [0.15, 0.2) is 0 Å². The van der Waals surface area contributed by atoms with Gasteiger partial charge in [-0.25, -0.2) is 4.79 Å². The Morgan fingerprint density at radius 2 is 2.13 bits per heavy atom. The predicted molar refractivity (Wildman–Crippen MR) is 60.3 cm³/mol. The Morgan fingerprint density at radius 1 is 1.40 bits per heavy atom. The van der Waals surface area contributed by atoms with Gasteiger partial charge in [0.25, 0.3) is 0 Å². The van der Waals surface area contributed by atoms with Crippen LogP contribution in [0.5, 0.6) is 0 Å². The molecular weight excluding hydrogens is 190 g/mol. The molecule has 0 heterocycles. The Bertz CT molecular complexity index is 230. The molecule has 0 bridgehead atoms. The van der Waals surface area contributed by atoms with Gasteiger partial charge in [-0.1, -0.05) is 25.8 Å². The fourth-order valence-electron chi connectivity index (χ4n) is 1.71. The average Bonchev–Trinajstić information content (AvgIpc) is 2.29. The molecule has 1 rings (SSSR count). The molecule has 0 saturated heterocycles. The monoisotopic (exact) mass is 209 g/mol. The molecule has 0 aromatic rings. The normalized spacial score (nSPS) is 17.6. The summed E-state index contributed by atoms with van der Waals surface area (Å²) in [6, 6.07) is 0.602. The van der Waals surface area contributed by atoms with Crippen LogP contribution in [0.4, 0.5) is 0 Å². The van der Waals surface area contributed by atoms with E-state index in [1.165, 1.54) is 38.2 Å². The third-order valence-corrected chi connectivity index (χ3v) is 2.54. The number of nitrogens with one attached hydrogen (secondary N) is 1. The van der Waals surface area contributed by atoms with E-state index in [1.54, 1.807) is 0 Å². The van der Waals surface area contributed by atoms with Crippen molar-refractivity contribution in [1.82, 2.24) is 5.32 Å². The van der Waals surface area contributed by atoms with Crippen LogP contribution in [-0.2, 0) is 9.53 Å². The lowest BCUT2D eigenvalue weighted by molar-refractivity contribution is -0.136. The Morgan fingerprint density at radius 3 is 2.80 bits per heavy atom. The molecule has 1 aliphatic rings. The Hall–Kier alpha value is -1.25. The van der Waals surface area contributed by atoms with Crippen molar-refractivity contribution in [1.29, 1.82) is 0 Å². The third-order valence-electron chi connectivity index (χ3n) is 2.54. The molecule has 0 radical (unpaired) electrons. The second-order valence-electron chi connectivity index (χ2n) is 3.74. The number of hydrogen-bond donors (Lipinski definition) is 1. The molecule has 1 aliphatic carbocycles. The molecule has 84 valence electrons. The molecule has 15 heavy (non-hydrogen) atoms. The minimum Gasteiger partial charge on any atom is -0.458 e. The topological polar surface area (TPSA) is 38.3 Å². The van der Waals surface area contributed by atoms with E-state index < -0.39 is 0 Å². The summed E-state index contributed by atoms with van der Waals surface area (Å²) in [7, 11) is 0. The zero-order valence-corrected chi connectivity index (χ0v) is 9.08. The van der Waals surface area contributed by atoms with Gasteiger partial charge in [0, 0.05) is 12.1 Å². The summed E-state index contributed by atoms with van der Waals surface area (Å²) in [5, 5.41) is 3.32. The Kier molecular flexibility index (Phi) is 5.59. The van der Waals surface area contributed by atoms with E-state index in [0.717, 1.165) is 0 Å². The summed E-state index contributed by atoms with van der Waals surface area (Å²) in [6.45, 7) is 3.63. The molecule has 3 heteroatoms. The van der Waals surface area contributed by atoms with E-state index in [1.807, 2.05) is 12.3 Å². The van der Waals surface area contributed by atoms with E-state index >= 15 is 0 Å². The van der Waals surface area contributed by atoms with E-state index in [4.69, 9.17) is 4.74 Å². The first-order valence-electron chi connectivity index (χ1n) is 5.53. The van der Waals surface area contributed by atoms with E-state index in [-0.39, 0.29) is 5.97 Å². The SMILES string of the molecule is C=CC(=O)OCC=CNC1CCCCC1. The van der Waals surface area contributed by atoms with Crippen LogP contribution in [0.25, 0.3) is 0 Å². The van der Waals surface area contributed by atoms with Gasteiger partial charge in [0.05, 0.1) is 0 Å². The zero-order chi connectivity index (χ0) is 10.9. The minimum absolute atomic E-state index is 0.310.